The summed E-state index contributed by atoms with van der Waals surface area (Å²) in [4.78, 5) is 11.3. The molecule has 1 amide bonds. The summed E-state index contributed by atoms with van der Waals surface area (Å²) in [6, 6.07) is 0. The number of anilines is 1. The Hall–Kier alpha value is -0.620. The highest BCUT2D eigenvalue weighted by atomic mass is 32.2. The maximum absolute atomic E-state index is 11.3. The molecule has 0 spiro atoms. The summed E-state index contributed by atoms with van der Waals surface area (Å²) in [6.45, 7) is 4.27. The summed E-state index contributed by atoms with van der Waals surface area (Å²) in [7, 11) is 0. The Kier molecular flexibility index (Phi) is 4.89. The topological polar surface area (TPSA) is 54.9 Å². The van der Waals surface area contributed by atoms with Crippen molar-refractivity contribution in [3.63, 3.8) is 0 Å². The van der Waals surface area contributed by atoms with E-state index in [4.69, 9.17) is 0 Å². The average molecular weight is 231 g/mol. The van der Waals surface area contributed by atoms with Gasteiger partial charge in [0.2, 0.25) is 11.0 Å². The predicted molar refractivity (Wildman–Crippen MR) is 60.7 cm³/mol. The van der Waals surface area contributed by atoms with Gasteiger partial charge in [-0.2, -0.15) is 11.8 Å². The second-order valence-electron chi connectivity index (χ2n) is 3.20. The van der Waals surface area contributed by atoms with E-state index in [0.29, 0.717) is 16.8 Å². The number of carbonyl (C=O) groups is 1. The van der Waals surface area contributed by atoms with Crippen molar-refractivity contribution < 1.29 is 4.79 Å². The minimum Gasteiger partial charge on any atom is -0.300 e. The van der Waals surface area contributed by atoms with Crippen LogP contribution in [0, 0.1) is 5.92 Å². The van der Waals surface area contributed by atoms with Gasteiger partial charge in [0.15, 0.2) is 0 Å². The van der Waals surface area contributed by atoms with Crippen LogP contribution >= 0.6 is 23.1 Å². The zero-order valence-corrected chi connectivity index (χ0v) is 9.82. The van der Waals surface area contributed by atoms with Crippen molar-refractivity contribution in [2.45, 2.75) is 13.8 Å². The van der Waals surface area contributed by atoms with E-state index in [1.54, 1.807) is 17.3 Å². The molecule has 14 heavy (non-hydrogen) atoms. The lowest BCUT2D eigenvalue weighted by Gasteiger charge is -2.03. The van der Waals surface area contributed by atoms with Crippen molar-refractivity contribution in [1.82, 2.24) is 10.2 Å². The highest BCUT2D eigenvalue weighted by Gasteiger charge is 2.04. The minimum absolute atomic E-state index is 0.00704. The molecule has 0 unspecified atom stereocenters. The van der Waals surface area contributed by atoms with E-state index in [-0.39, 0.29) is 5.91 Å². The van der Waals surface area contributed by atoms with Crippen LogP contribution in [0.4, 0.5) is 5.13 Å². The van der Waals surface area contributed by atoms with E-state index in [2.05, 4.69) is 29.4 Å². The number of hydrogen-bond acceptors (Lipinski definition) is 5. The number of nitrogens with zero attached hydrogens (tertiary/aromatic N) is 2. The Morgan fingerprint density at radius 1 is 1.71 bits per heavy atom. The number of amides is 1. The van der Waals surface area contributed by atoms with E-state index < -0.39 is 0 Å². The van der Waals surface area contributed by atoms with Gasteiger partial charge in [-0.3, -0.25) is 10.1 Å². The van der Waals surface area contributed by atoms with Crippen LogP contribution in [0.1, 0.15) is 13.8 Å². The molecular weight excluding hydrogens is 218 g/mol. The number of nitrogens with one attached hydrogen (secondary N) is 1. The van der Waals surface area contributed by atoms with Crippen LogP contribution in [-0.2, 0) is 4.79 Å². The zero-order valence-electron chi connectivity index (χ0n) is 8.19. The van der Waals surface area contributed by atoms with Gasteiger partial charge in [0, 0.05) is 0 Å². The molecule has 1 heterocycles. The van der Waals surface area contributed by atoms with E-state index in [9.17, 15) is 4.79 Å². The largest absolute Gasteiger partial charge is 0.300 e. The molecule has 1 rings (SSSR count). The van der Waals surface area contributed by atoms with Crippen molar-refractivity contribution in [1.29, 1.82) is 0 Å². The monoisotopic (exact) mass is 231 g/mol. The first kappa shape index (κ1) is 11.5. The average Bonchev–Trinajstić information content (AvgIpc) is 2.56. The van der Waals surface area contributed by atoms with E-state index >= 15 is 0 Å². The van der Waals surface area contributed by atoms with Crippen LogP contribution in [-0.4, -0.2) is 27.6 Å². The van der Waals surface area contributed by atoms with Gasteiger partial charge >= 0.3 is 0 Å². The molecule has 1 aromatic heterocycles. The van der Waals surface area contributed by atoms with Crippen LogP contribution in [0.25, 0.3) is 0 Å². The molecule has 1 N–H and O–H groups in total. The summed E-state index contributed by atoms with van der Waals surface area (Å²) in [6.07, 6.45) is 0. The first-order valence-electron chi connectivity index (χ1n) is 4.32. The third kappa shape index (κ3) is 4.57. The summed E-state index contributed by atoms with van der Waals surface area (Å²) < 4.78 is 0. The van der Waals surface area contributed by atoms with Crippen LogP contribution in [0.5, 0.6) is 0 Å². The van der Waals surface area contributed by atoms with Crippen molar-refractivity contribution >= 4 is 34.1 Å². The second kappa shape index (κ2) is 5.98. The molecule has 0 fully saturated rings. The van der Waals surface area contributed by atoms with Gasteiger partial charge in [-0.1, -0.05) is 25.2 Å². The first-order valence-corrected chi connectivity index (χ1v) is 6.35. The fourth-order valence-electron chi connectivity index (χ4n) is 0.770. The zero-order chi connectivity index (χ0) is 10.4. The van der Waals surface area contributed by atoms with Crippen LogP contribution < -0.4 is 5.32 Å². The Morgan fingerprint density at radius 3 is 3.07 bits per heavy atom. The molecule has 0 saturated carbocycles. The van der Waals surface area contributed by atoms with Gasteiger partial charge in [0.1, 0.15) is 5.51 Å². The standard InChI is InChI=1S/C8H13N3OS2/c1-6(2)3-13-4-7(12)10-8-11-9-5-14-8/h5-6H,3-4H2,1-2H3,(H,10,11,12). The van der Waals surface area contributed by atoms with E-state index in [0.717, 1.165) is 5.75 Å². The van der Waals surface area contributed by atoms with E-state index in [1.807, 2.05) is 0 Å². The summed E-state index contributed by atoms with van der Waals surface area (Å²) in [5, 5.41) is 10.6. The normalized spacial score (nSPS) is 10.5. The number of rotatable bonds is 5. The quantitative estimate of drug-likeness (QED) is 0.840. The number of hydrogen-bond donors (Lipinski definition) is 1. The SMILES string of the molecule is CC(C)CSCC(=O)Nc1nncs1. The molecule has 0 aliphatic rings. The molecular formula is C8H13N3OS2. The lowest BCUT2D eigenvalue weighted by atomic mass is 10.3. The Labute approximate surface area is 91.5 Å². The summed E-state index contributed by atoms with van der Waals surface area (Å²) >= 11 is 2.96. The molecule has 4 nitrogen and oxygen atoms in total. The first-order chi connectivity index (χ1) is 6.68. The van der Waals surface area contributed by atoms with Crippen molar-refractivity contribution in [2.75, 3.05) is 16.8 Å². The van der Waals surface area contributed by atoms with Gasteiger partial charge < -0.3 is 0 Å². The molecule has 0 radical (unpaired) electrons. The Balaban J connectivity index is 2.17. The highest BCUT2D eigenvalue weighted by molar-refractivity contribution is 7.99. The molecule has 78 valence electrons. The van der Waals surface area contributed by atoms with Gasteiger partial charge in [-0.15, -0.1) is 10.2 Å². The molecule has 0 aliphatic carbocycles. The number of thioether (sulfide) groups is 1. The molecule has 0 saturated heterocycles. The number of aromatic nitrogens is 2. The van der Waals surface area contributed by atoms with Crippen molar-refractivity contribution in [3.8, 4) is 0 Å². The smallest absolute Gasteiger partial charge is 0.236 e. The van der Waals surface area contributed by atoms with Gasteiger partial charge in [-0.05, 0) is 11.7 Å². The van der Waals surface area contributed by atoms with Crippen LogP contribution in [0.15, 0.2) is 5.51 Å². The van der Waals surface area contributed by atoms with Crippen LogP contribution in [0.3, 0.4) is 0 Å². The highest BCUT2D eigenvalue weighted by Crippen LogP contribution is 2.10. The van der Waals surface area contributed by atoms with Crippen molar-refractivity contribution in [3.05, 3.63) is 5.51 Å². The molecule has 0 aliphatic heterocycles. The van der Waals surface area contributed by atoms with Gasteiger partial charge in [0.05, 0.1) is 5.75 Å². The van der Waals surface area contributed by atoms with Gasteiger partial charge in [0.25, 0.3) is 0 Å². The van der Waals surface area contributed by atoms with E-state index in [1.165, 1.54) is 11.3 Å². The maximum atomic E-state index is 11.3. The van der Waals surface area contributed by atoms with Crippen LogP contribution in [0.2, 0.25) is 0 Å². The number of carbonyl (C=O) groups excluding carboxylic acids is 1. The Morgan fingerprint density at radius 2 is 2.50 bits per heavy atom. The van der Waals surface area contributed by atoms with Gasteiger partial charge in [-0.25, -0.2) is 0 Å². The molecule has 0 aromatic carbocycles. The van der Waals surface area contributed by atoms with Crippen molar-refractivity contribution in [2.24, 2.45) is 5.92 Å². The molecule has 6 heteroatoms. The second-order valence-corrected chi connectivity index (χ2v) is 5.06. The Bertz CT molecular complexity index is 274. The fraction of sp³-hybridized carbons (Fsp3) is 0.625. The summed E-state index contributed by atoms with van der Waals surface area (Å²) in [5.74, 6) is 2.10. The third-order valence-corrected chi connectivity index (χ3v) is 3.27. The summed E-state index contributed by atoms with van der Waals surface area (Å²) in [5.41, 5.74) is 1.59. The predicted octanol–water partition coefficient (Wildman–Crippen LogP) is 1.87. The maximum Gasteiger partial charge on any atom is 0.236 e. The minimum atomic E-state index is -0.00704. The lowest BCUT2D eigenvalue weighted by molar-refractivity contribution is -0.113. The molecule has 0 atom stereocenters. The molecule has 1 aromatic rings. The fourth-order valence-corrected chi connectivity index (χ4v) is 2.08. The third-order valence-electron chi connectivity index (χ3n) is 1.29. The lowest BCUT2D eigenvalue weighted by Crippen LogP contribution is -2.14. The molecule has 0 bridgehead atoms.